The van der Waals surface area contributed by atoms with Gasteiger partial charge in [-0.05, 0) is 31.0 Å². The van der Waals surface area contributed by atoms with Gasteiger partial charge in [0.15, 0.2) is 0 Å². The van der Waals surface area contributed by atoms with Crippen molar-refractivity contribution in [1.82, 2.24) is 4.98 Å². The van der Waals surface area contributed by atoms with Gasteiger partial charge in [0.25, 0.3) is 6.47 Å². The number of ether oxygens (including phenoxy) is 1. The average Bonchev–Trinajstić information content (AvgIpc) is 2.48. The molecule has 1 saturated heterocycles. The summed E-state index contributed by atoms with van der Waals surface area (Å²) in [6.07, 6.45) is 2.08. The van der Waals surface area contributed by atoms with Gasteiger partial charge in [-0.3, -0.25) is 9.78 Å². The topological polar surface area (TPSA) is 79.7 Å². The predicted octanol–water partition coefficient (Wildman–Crippen LogP) is 2.54. The molecule has 20 heavy (non-hydrogen) atoms. The van der Waals surface area contributed by atoms with E-state index in [4.69, 9.17) is 14.6 Å². The number of phenolic OH excluding ortho intramolecular Hbond substituents is 1. The number of pyridine rings is 1. The lowest BCUT2D eigenvalue weighted by atomic mass is 9.95. The van der Waals surface area contributed by atoms with E-state index in [1.165, 1.54) is 0 Å². The lowest BCUT2D eigenvalue weighted by Gasteiger charge is -2.21. The summed E-state index contributed by atoms with van der Waals surface area (Å²) in [5.74, 6) is 0.768. The number of aromatic nitrogens is 1. The van der Waals surface area contributed by atoms with Crippen molar-refractivity contribution in [2.45, 2.75) is 18.8 Å². The molecule has 5 nitrogen and oxygen atoms in total. The minimum Gasteiger partial charge on any atom is -0.508 e. The van der Waals surface area contributed by atoms with Crippen LogP contribution >= 0.6 is 0 Å². The molecule has 2 heterocycles. The summed E-state index contributed by atoms with van der Waals surface area (Å²) in [5, 5.41) is 17.4. The molecule has 0 aliphatic carbocycles. The fraction of sp³-hybridized carbons (Fsp3) is 0.333. The summed E-state index contributed by atoms with van der Waals surface area (Å²) in [6.45, 7) is 1.40. The molecule has 3 rings (SSSR count). The molecule has 1 aliphatic rings. The molecule has 1 aromatic carbocycles. The predicted molar refractivity (Wildman–Crippen MR) is 74.9 cm³/mol. The van der Waals surface area contributed by atoms with Crippen LogP contribution in [0.25, 0.3) is 10.9 Å². The molecular weight excluding hydrogens is 258 g/mol. The molecular formula is C15H17NO4. The van der Waals surface area contributed by atoms with Crippen LogP contribution in [-0.2, 0) is 9.53 Å². The fourth-order valence-electron chi connectivity index (χ4n) is 2.34. The van der Waals surface area contributed by atoms with Crippen LogP contribution < -0.4 is 0 Å². The Bertz CT molecular complexity index is 579. The minimum absolute atomic E-state index is 0.250. The van der Waals surface area contributed by atoms with Gasteiger partial charge in [-0.1, -0.05) is 6.07 Å². The number of phenols is 1. The zero-order chi connectivity index (χ0) is 14.4. The number of aromatic hydroxyl groups is 1. The van der Waals surface area contributed by atoms with Crippen LogP contribution in [-0.4, -0.2) is 34.9 Å². The maximum Gasteiger partial charge on any atom is 0.290 e. The monoisotopic (exact) mass is 275 g/mol. The third-order valence-corrected chi connectivity index (χ3v) is 3.34. The summed E-state index contributed by atoms with van der Waals surface area (Å²) in [5.41, 5.74) is 1.99. The summed E-state index contributed by atoms with van der Waals surface area (Å²) in [7, 11) is 0. The molecule has 0 atom stereocenters. The second-order valence-corrected chi connectivity index (χ2v) is 4.61. The van der Waals surface area contributed by atoms with E-state index < -0.39 is 0 Å². The summed E-state index contributed by atoms with van der Waals surface area (Å²) in [6, 6.07) is 9.48. The number of hydrogen-bond acceptors (Lipinski definition) is 4. The maximum atomic E-state index is 9.47. The molecule has 5 heteroatoms. The minimum atomic E-state index is -0.250. The Balaban J connectivity index is 0.000000452. The van der Waals surface area contributed by atoms with Crippen LogP contribution in [0.2, 0.25) is 0 Å². The maximum absolute atomic E-state index is 9.47. The van der Waals surface area contributed by atoms with Crippen molar-refractivity contribution in [1.29, 1.82) is 0 Å². The van der Waals surface area contributed by atoms with Gasteiger partial charge < -0.3 is 14.9 Å². The number of rotatable bonds is 1. The van der Waals surface area contributed by atoms with Crippen molar-refractivity contribution in [2.24, 2.45) is 0 Å². The summed E-state index contributed by atoms with van der Waals surface area (Å²) >= 11 is 0. The first kappa shape index (κ1) is 14.3. The zero-order valence-corrected chi connectivity index (χ0v) is 11.0. The van der Waals surface area contributed by atoms with Crippen LogP contribution in [0.3, 0.4) is 0 Å². The SMILES string of the molecule is O=CO.Oc1ccc2ccc(C3CCOCC3)nc2c1. The Hall–Kier alpha value is -2.14. The van der Waals surface area contributed by atoms with Crippen LogP contribution in [0.15, 0.2) is 30.3 Å². The molecule has 1 fully saturated rings. The van der Waals surface area contributed by atoms with Crippen molar-refractivity contribution < 1.29 is 19.7 Å². The number of hydrogen-bond donors (Lipinski definition) is 2. The molecule has 2 aromatic rings. The first-order valence-corrected chi connectivity index (χ1v) is 6.50. The quantitative estimate of drug-likeness (QED) is 0.782. The third-order valence-electron chi connectivity index (χ3n) is 3.34. The van der Waals surface area contributed by atoms with E-state index in [9.17, 15) is 5.11 Å². The van der Waals surface area contributed by atoms with Crippen LogP contribution in [0.1, 0.15) is 24.5 Å². The lowest BCUT2D eigenvalue weighted by Crippen LogP contribution is -2.15. The van der Waals surface area contributed by atoms with Gasteiger partial charge in [0.2, 0.25) is 0 Å². The molecule has 0 unspecified atom stereocenters. The van der Waals surface area contributed by atoms with E-state index in [2.05, 4.69) is 17.1 Å². The number of carbonyl (C=O) groups is 1. The average molecular weight is 275 g/mol. The van der Waals surface area contributed by atoms with Crippen molar-refractivity contribution in [2.75, 3.05) is 13.2 Å². The van der Waals surface area contributed by atoms with E-state index in [-0.39, 0.29) is 12.2 Å². The molecule has 0 spiro atoms. The van der Waals surface area contributed by atoms with Gasteiger partial charge >= 0.3 is 0 Å². The standard InChI is InChI=1S/C14H15NO2.CH2O2/c16-12-3-1-10-2-4-13(15-14(10)9-12)11-5-7-17-8-6-11;2-1-3/h1-4,9,11,16H,5-8H2;1H,(H,2,3). The third kappa shape index (κ3) is 3.45. The van der Waals surface area contributed by atoms with Crippen LogP contribution in [0.4, 0.5) is 0 Å². The summed E-state index contributed by atoms with van der Waals surface area (Å²) in [4.78, 5) is 13.0. The smallest absolute Gasteiger partial charge is 0.290 e. The molecule has 0 amide bonds. The van der Waals surface area contributed by atoms with E-state index >= 15 is 0 Å². The summed E-state index contributed by atoms with van der Waals surface area (Å²) < 4.78 is 5.36. The highest BCUT2D eigenvalue weighted by Gasteiger charge is 2.17. The van der Waals surface area contributed by atoms with E-state index in [1.54, 1.807) is 12.1 Å². The first-order valence-electron chi connectivity index (χ1n) is 6.50. The van der Waals surface area contributed by atoms with E-state index in [0.717, 1.165) is 42.7 Å². The van der Waals surface area contributed by atoms with Gasteiger partial charge in [0.05, 0.1) is 5.52 Å². The molecule has 0 bridgehead atoms. The van der Waals surface area contributed by atoms with Crippen LogP contribution in [0.5, 0.6) is 5.75 Å². The van der Waals surface area contributed by atoms with Gasteiger partial charge in [0.1, 0.15) is 5.75 Å². The molecule has 0 radical (unpaired) electrons. The Kier molecular flexibility index (Phi) is 4.90. The molecule has 106 valence electrons. The van der Waals surface area contributed by atoms with Gasteiger partial charge in [0, 0.05) is 36.3 Å². The van der Waals surface area contributed by atoms with Gasteiger partial charge in [-0.2, -0.15) is 0 Å². The Morgan fingerprint density at radius 2 is 1.85 bits per heavy atom. The highest BCUT2D eigenvalue weighted by Crippen LogP contribution is 2.27. The Labute approximate surface area is 116 Å². The molecule has 1 aromatic heterocycles. The Morgan fingerprint density at radius 3 is 2.55 bits per heavy atom. The fourth-order valence-corrected chi connectivity index (χ4v) is 2.34. The first-order chi connectivity index (χ1) is 9.74. The zero-order valence-electron chi connectivity index (χ0n) is 11.0. The highest BCUT2D eigenvalue weighted by molar-refractivity contribution is 5.80. The second kappa shape index (κ2) is 6.86. The number of nitrogens with zero attached hydrogens (tertiary/aromatic N) is 1. The van der Waals surface area contributed by atoms with E-state index in [1.807, 2.05) is 6.07 Å². The van der Waals surface area contributed by atoms with Gasteiger partial charge in [-0.25, -0.2) is 0 Å². The molecule has 2 N–H and O–H groups in total. The van der Waals surface area contributed by atoms with Gasteiger partial charge in [-0.15, -0.1) is 0 Å². The highest BCUT2D eigenvalue weighted by atomic mass is 16.5. The van der Waals surface area contributed by atoms with Crippen molar-refractivity contribution in [3.8, 4) is 5.75 Å². The van der Waals surface area contributed by atoms with Crippen molar-refractivity contribution in [3.05, 3.63) is 36.0 Å². The number of carboxylic acid groups (broad SMARTS) is 1. The van der Waals surface area contributed by atoms with Crippen LogP contribution in [0, 0.1) is 0 Å². The Morgan fingerprint density at radius 1 is 1.20 bits per heavy atom. The molecule has 1 aliphatic heterocycles. The number of fused-ring (bicyclic) bond motifs is 1. The van der Waals surface area contributed by atoms with Crippen molar-refractivity contribution >= 4 is 17.4 Å². The lowest BCUT2D eigenvalue weighted by molar-refractivity contribution is -0.122. The normalized spacial score (nSPS) is 15.4. The number of benzene rings is 1. The van der Waals surface area contributed by atoms with Crippen molar-refractivity contribution in [3.63, 3.8) is 0 Å². The largest absolute Gasteiger partial charge is 0.508 e. The molecule has 0 saturated carbocycles. The second-order valence-electron chi connectivity index (χ2n) is 4.61. The van der Waals surface area contributed by atoms with E-state index in [0.29, 0.717) is 5.92 Å².